The summed E-state index contributed by atoms with van der Waals surface area (Å²) in [6.07, 6.45) is -2.58. The van der Waals surface area contributed by atoms with E-state index < -0.39 is 11.8 Å². The molecule has 0 amide bonds. The van der Waals surface area contributed by atoms with Gasteiger partial charge in [0, 0.05) is 23.8 Å². The zero-order chi connectivity index (χ0) is 15.3. The summed E-state index contributed by atoms with van der Waals surface area (Å²) in [6.45, 7) is 0. The number of benzene rings is 1. The molecule has 0 unspecified atom stereocenters. The van der Waals surface area contributed by atoms with Gasteiger partial charge in [-0.05, 0) is 37.0 Å². The number of halogens is 3. The topological polar surface area (TPSA) is 43.4 Å². The highest BCUT2D eigenvalue weighted by Crippen LogP contribution is 2.47. The summed E-state index contributed by atoms with van der Waals surface area (Å²) in [7, 11) is 0. The van der Waals surface area contributed by atoms with Gasteiger partial charge in [-0.15, -0.1) is 13.2 Å². The fourth-order valence-corrected chi connectivity index (χ4v) is 3.26. The predicted molar refractivity (Wildman–Crippen MR) is 67.1 cm³/mol. The van der Waals surface area contributed by atoms with Gasteiger partial charge in [0.1, 0.15) is 11.5 Å². The molecule has 1 aromatic rings. The van der Waals surface area contributed by atoms with E-state index in [4.69, 9.17) is 0 Å². The van der Waals surface area contributed by atoms with Crippen molar-refractivity contribution in [3.63, 3.8) is 0 Å². The molecule has 0 bridgehead atoms. The first-order valence-corrected chi connectivity index (χ1v) is 6.74. The number of rotatable bonds is 1. The van der Waals surface area contributed by atoms with Crippen molar-refractivity contribution in [2.24, 2.45) is 5.41 Å². The molecule has 1 spiro atoms. The molecule has 1 fully saturated rings. The van der Waals surface area contributed by atoms with Crippen LogP contribution in [0, 0.1) is 5.41 Å². The van der Waals surface area contributed by atoms with E-state index in [1.54, 1.807) is 0 Å². The van der Waals surface area contributed by atoms with Gasteiger partial charge in [-0.2, -0.15) is 0 Å². The van der Waals surface area contributed by atoms with Crippen LogP contribution < -0.4 is 4.74 Å². The molecule has 1 saturated carbocycles. The lowest BCUT2D eigenvalue weighted by Gasteiger charge is -2.30. The second kappa shape index (κ2) is 4.58. The number of hydrogen-bond donors (Lipinski definition) is 0. The third-order valence-electron chi connectivity index (χ3n) is 4.33. The molecule has 1 aromatic carbocycles. The quantitative estimate of drug-likeness (QED) is 0.797. The van der Waals surface area contributed by atoms with Crippen LogP contribution in [0.4, 0.5) is 13.2 Å². The average molecular weight is 298 g/mol. The van der Waals surface area contributed by atoms with Crippen LogP contribution in [-0.2, 0) is 11.2 Å². The van der Waals surface area contributed by atoms with Gasteiger partial charge in [-0.25, -0.2) is 0 Å². The number of ketones is 2. The molecule has 2 aliphatic rings. The Morgan fingerprint density at radius 2 is 1.76 bits per heavy atom. The molecule has 0 atom stereocenters. The molecule has 0 saturated heterocycles. The monoisotopic (exact) mass is 298 g/mol. The molecule has 3 nitrogen and oxygen atoms in total. The maximum atomic E-state index is 12.5. The number of alkyl halides is 3. The summed E-state index contributed by atoms with van der Waals surface area (Å²) in [4.78, 5) is 23.9. The summed E-state index contributed by atoms with van der Waals surface area (Å²) in [6, 6.07) is 3.91. The number of carbonyl (C=O) groups excluding carboxylic acids is 2. The highest BCUT2D eigenvalue weighted by atomic mass is 19.4. The van der Waals surface area contributed by atoms with Gasteiger partial charge in [0.05, 0.1) is 0 Å². The molecular weight excluding hydrogens is 285 g/mol. The fourth-order valence-electron chi connectivity index (χ4n) is 3.26. The van der Waals surface area contributed by atoms with Gasteiger partial charge in [0.15, 0.2) is 5.78 Å². The van der Waals surface area contributed by atoms with Crippen molar-refractivity contribution in [3.05, 3.63) is 29.3 Å². The van der Waals surface area contributed by atoms with Crippen LogP contribution in [-0.4, -0.2) is 17.9 Å². The molecule has 0 aromatic heterocycles. The third kappa shape index (κ3) is 2.54. The van der Waals surface area contributed by atoms with Gasteiger partial charge >= 0.3 is 6.36 Å². The van der Waals surface area contributed by atoms with Gasteiger partial charge in [0.25, 0.3) is 0 Å². The van der Waals surface area contributed by atoms with Gasteiger partial charge in [0.2, 0.25) is 0 Å². The molecular formula is C15H13F3O3. The van der Waals surface area contributed by atoms with E-state index in [1.165, 1.54) is 12.1 Å². The summed E-state index contributed by atoms with van der Waals surface area (Å²) in [5, 5.41) is 0. The second-order valence-corrected chi connectivity index (χ2v) is 5.69. The molecule has 21 heavy (non-hydrogen) atoms. The average Bonchev–Trinajstić information content (AvgIpc) is 2.66. The first-order valence-electron chi connectivity index (χ1n) is 6.74. The molecule has 2 aliphatic carbocycles. The van der Waals surface area contributed by atoms with Crippen molar-refractivity contribution >= 4 is 11.6 Å². The van der Waals surface area contributed by atoms with Crippen LogP contribution in [0.15, 0.2) is 18.2 Å². The maximum absolute atomic E-state index is 12.5. The lowest BCUT2D eigenvalue weighted by atomic mass is 9.71. The summed E-state index contributed by atoms with van der Waals surface area (Å²) >= 11 is 0. The van der Waals surface area contributed by atoms with Crippen LogP contribution in [0.5, 0.6) is 5.75 Å². The predicted octanol–water partition coefficient (Wildman–Crippen LogP) is 3.45. The first kappa shape index (κ1) is 14.1. The van der Waals surface area contributed by atoms with Crippen LogP contribution in [0.2, 0.25) is 0 Å². The Morgan fingerprint density at radius 1 is 1.10 bits per heavy atom. The Morgan fingerprint density at radius 3 is 2.38 bits per heavy atom. The van der Waals surface area contributed by atoms with E-state index >= 15 is 0 Å². The van der Waals surface area contributed by atoms with Gasteiger partial charge < -0.3 is 4.74 Å². The van der Waals surface area contributed by atoms with E-state index in [2.05, 4.69) is 4.74 Å². The van der Waals surface area contributed by atoms with Crippen molar-refractivity contribution < 1.29 is 27.5 Å². The molecule has 0 N–H and O–H groups in total. The lowest BCUT2D eigenvalue weighted by molar-refractivity contribution is -0.274. The second-order valence-electron chi connectivity index (χ2n) is 5.69. The Balaban J connectivity index is 1.88. The Kier molecular flexibility index (Phi) is 3.07. The largest absolute Gasteiger partial charge is 0.573 e. The minimum atomic E-state index is -4.77. The zero-order valence-electron chi connectivity index (χ0n) is 11.1. The normalized spacial score (nSPS) is 20.7. The van der Waals surface area contributed by atoms with E-state index in [0.29, 0.717) is 37.7 Å². The smallest absolute Gasteiger partial charge is 0.406 e. The molecule has 0 radical (unpaired) electrons. The van der Waals surface area contributed by atoms with Gasteiger partial charge in [-0.3, -0.25) is 9.59 Å². The summed E-state index contributed by atoms with van der Waals surface area (Å²) in [5.41, 5.74) is 0.433. The standard InChI is InChI=1S/C15H13F3O3/c16-15(17,18)21-11-2-1-9-8-14(13(20)12(9)7-11)5-3-10(19)4-6-14/h1-2,7H,3-6,8H2. The van der Waals surface area contributed by atoms with E-state index in [9.17, 15) is 22.8 Å². The molecule has 6 heteroatoms. The number of Topliss-reactive ketones (excluding diaryl/α,β-unsaturated/α-hetero) is 2. The maximum Gasteiger partial charge on any atom is 0.573 e. The molecule has 3 rings (SSSR count). The Hall–Kier alpha value is -1.85. The first-order chi connectivity index (χ1) is 9.79. The van der Waals surface area contributed by atoms with E-state index in [0.717, 1.165) is 11.6 Å². The Bertz CT molecular complexity index is 609. The molecule has 0 aliphatic heterocycles. The highest BCUT2D eigenvalue weighted by Gasteiger charge is 2.47. The lowest BCUT2D eigenvalue weighted by Crippen LogP contribution is -2.33. The number of fused-ring (bicyclic) bond motifs is 1. The molecule has 112 valence electrons. The van der Waals surface area contributed by atoms with Crippen LogP contribution >= 0.6 is 0 Å². The zero-order valence-corrected chi connectivity index (χ0v) is 11.1. The van der Waals surface area contributed by atoms with Gasteiger partial charge in [-0.1, -0.05) is 6.07 Å². The summed E-state index contributed by atoms with van der Waals surface area (Å²) in [5.74, 6) is -0.387. The minimum Gasteiger partial charge on any atom is -0.406 e. The van der Waals surface area contributed by atoms with Crippen molar-refractivity contribution in [1.29, 1.82) is 0 Å². The van der Waals surface area contributed by atoms with E-state index in [1.807, 2.05) is 0 Å². The van der Waals surface area contributed by atoms with Crippen molar-refractivity contribution in [2.45, 2.75) is 38.5 Å². The highest BCUT2D eigenvalue weighted by molar-refractivity contribution is 6.06. The van der Waals surface area contributed by atoms with Crippen molar-refractivity contribution in [1.82, 2.24) is 0 Å². The Labute approximate surface area is 119 Å². The summed E-state index contributed by atoms with van der Waals surface area (Å²) < 4.78 is 40.6. The fraction of sp³-hybridized carbons (Fsp3) is 0.467. The van der Waals surface area contributed by atoms with Crippen LogP contribution in [0.25, 0.3) is 0 Å². The minimum absolute atomic E-state index is 0.144. The van der Waals surface area contributed by atoms with E-state index in [-0.39, 0.29) is 17.3 Å². The number of hydrogen-bond acceptors (Lipinski definition) is 3. The van der Waals surface area contributed by atoms with Crippen LogP contribution in [0.3, 0.4) is 0 Å². The van der Waals surface area contributed by atoms with Crippen molar-refractivity contribution in [3.8, 4) is 5.75 Å². The number of carbonyl (C=O) groups is 2. The van der Waals surface area contributed by atoms with Crippen LogP contribution in [0.1, 0.15) is 41.6 Å². The number of ether oxygens (including phenoxy) is 1. The molecule has 0 heterocycles. The SMILES string of the molecule is O=C1CCC2(CC1)Cc1ccc(OC(F)(F)F)cc1C2=O. The third-order valence-corrected chi connectivity index (χ3v) is 4.33. The van der Waals surface area contributed by atoms with Crippen molar-refractivity contribution in [2.75, 3.05) is 0 Å².